The Morgan fingerprint density at radius 2 is 2.17 bits per heavy atom. The third kappa shape index (κ3) is 2.69. The molecule has 1 N–H and O–H groups in total. The quantitative estimate of drug-likeness (QED) is 0.638. The van der Waals surface area contributed by atoms with E-state index in [1.807, 2.05) is 19.3 Å². The van der Waals surface area contributed by atoms with Gasteiger partial charge in [0.05, 0.1) is 5.69 Å². The summed E-state index contributed by atoms with van der Waals surface area (Å²) in [5, 5.41) is 5.80. The first-order chi connectivity index (χ1) is 8.86. The molecule has 0 spiro atoms. The Morgan fingerprint density at radius 3 is 2.94 bits per heavy atom. The zero-order valence-electron chi connectivity index (χ0n) is 10.7. The highest BCUT2D eigenvalue weighted by Gasteiger charge is 2.13. The van der Waals surface area contributed by atoms with Crippen molar-refractivity contribution in [3.8, 4) is 12.3 Å². The maximum absolute atomic E-state index is 5.30. The molecule has 0 bridgehead atoms. The van der Waals surface area contributed by atoms with Crippen molar-refractivity contribution in [3.05, 3.63) is 42.2 Å². The van der Waals surface area contributed by atoms with Gasteiger partial charge in [-0.05, 0) is 31.3 Å². The topological polar surface area (TPSA) is 24.9 Å². The van der Waals surface area contributed by atoms with E-state index < -0.39 is 0 Å². The summed E-state index contributed by atoms with van der Waals surface area (Å²) < 4.78 is 0. The van der Waals surface area contributed by atoms with Crippen LogP contribution in [0.1, 0.15) is 31.0 Å². The number of fused-ring (bicyclic) bond motifs is 1. The summed E-state index contributed by atoms with van der Waals surface area (Å²) in [5.74, 6) is 2.69. The van der Waals surface area contributed by atoms with Crippen LogP contribution in [0.25, 0.3) is 10.8 Å². The van der Waals surface area contributed by atoms with Crippen LogP contribution in [0.5, 0.6) is 0 Å². The molecule has 0 amide bonds. The molecular formula is C16H18N2. The summed E-state index contributed by atoms with van der Waals surface area (Å²) in [7, 11) is 1.98. The Hall–Kier alpha value is -1.85. The second-order valence-electron chi connectivity index (χ2n) is 4.35. The third-order valence-corrected chi connectivity index (χ3v) is 3.20. The molecule has 1 heterocycles. The highest BCUT2D eigenvalue weighted by Crippen LogP contribution is 2.25. The van der Waals surface area contributed by atoms with Gasteiger partial charge in [0.15, 0.2) is 0 Å². The van der Waals surface area contributed by atoms with Crippen LogP contribution in [-0.4, -0.2) is 12.0 Å². The lowest BCUT2D eigenvalue weighted by Crippen LogP contribution is -2.17. The van der Waals surface area contributed by atoms with Crippen LogP contribution in [0.15, 0.2) is 36.5 Å². The molecule has 0 aliphatic rings. The molecule has 2 aromatic rings. The van der Waals surface area contributed by atoms with E-state index in [0.29, 0.717) is 0 Å². The fraction of sp³-hybridized carbons (Fsp3) is 0.312. The van der Waals surface area contributed by atoms with Crippen molar-refractivity contribution in [2.45, 2.75) is 25.3 Å². The zero-order valence-corrected chi connectivity index (χ0v) is 10.7. The molecule has 1 unspecified atom stereocenters. The summed E-state index contributed by atoms with van der Waals surface area (Å²) in [6.45, 7) is 0. The highest BCUT2D eigenvalue weighted by atomic mass is 14.9. The van der Waals surface area contributed by atoms with Gasteiger partial charge < -0.3 is 5.32 Å². The van der Waals surface area contributed by atoms with Crippen molar-refractivity contribution in [2.24, 2.45) is 0 Å². The summed E-state index contributed by atoms with van der Waals surface area (Å²) >= 11 is 0. The normalized spacial score (nSPS) is 12.2. The minimum absolute atomic E-state index is 0.268. The lowest BCUT2D eigenvalue weighted by Gasteiger charge is -2.17. The second-order valence-corrected chi connectivity index (χ2v) is 4.35. The van der Waals surface area contributed by atoms with Gasteiger partial charge in [0, 0.05) is 24.0 Å². The Balaban J connectivity index is 2.30. The van der Waals surface area contributed by atoms with Crippen molar-refractivity contribution < 1.29 is 0 Å². The molecule has 0 saturated carbocycles. The Kier molecular flexibility index (Phi) is 4.33. The number of hydrogen-bond acceptors (Lipinski definition) is 2. The van der Waals surface area contributed by atoms with Crippen LogP contribution in [0.2, 0.25) is 0 Å². The number of terminal acetylenes is 1. The van der Waals surface area contributed by atoms with Gasteiger partial charge in [-0.25, -0.2) is 0 Å². The van der Waals surface area contributed by atoms with Crippen LogP contribution in [0, 0.1) is 12.3 Å². The molecule has 1 atom stereocenters. The largest absolute Gasteiger partial charge is 0.312 e. The molecule has 92 valence electrons. The van der Waals surface area contributed by atoms with Crippen LogP contribution < -0.4 is 5.32 Å². The van der Waals surface area contributed by atoms with E-state index in [1.165, 1.54) is 10.8 Å². The van der Waals surface area contributed by atoms with E-state index in [4.69, 9.17) is 6.42 Å². The number of pyridine rings is 1. The monoisotopic (exact) mass is 238 g/mol. The maximum Gasteiger partial charge on any atom is 0.0651 e. The molecule has 0 saturated heterocycles. The lowest BCUT2D eigenvalue weighted by atomic mass is 10.0. The first-order valence-electron chi connectivity index (χ1n) is 6.31. The number of benzene rings is 1. The fourth-order valence-corrected chi connectivity index (χ4v) is 2.25. The zero-order chi connectivity index (χ0) is 12.8. The molecule has 1 aromatic heterocycles. The molecule has 1 aromatic carbocycles. The third-order valence-electron chi connectivity index (χ3n) is 3.20. The van der Waals surface area contributed by atoms with Gasteiger partial charge in [0.2, 0.25) is 0 Å². The van der Waals surface area contributed by atoms with E-state index in [1.54, 1.807) is 0 Å². The summed E-state index contributed by atoms with van der Waals surface area (Å²) in [6.07, 6.45) is 10.0. The fourth-order valence-electron chi connectivity index (χ4n) is 2.25. The van der Waals surface area contributed by atoms with Gasteiger partial charge in [0.1, 0.15) is 0 Å². The van der Waals surface area contributed by atoms with Crippen molar-refractivity contribution in [3.63, 3.8) is 0 Å². The predicted octanol–water partition coefficient (Wildman–Crippen LogP) is 3.30. The molecule has 0 radical (unpaired) electrons. The molecule has 2 nitrogen and oxygen atoms in total. The average Bonchev–Trinajstić information content (AvgIpc) is 2.43. The van der Waals surface area contributed by atoms with Crippen LogP contribution >= 0.6 is 0 Å². The van der Waals surface area contributed by atoms with E-state index in [0.717, 1.165) is 25.0 Å². The maximum atomic E-state index is 5.30. The first-order valence-corrected chi connectivity index (χ1v) is 6.31. The van der Waals surface area contributed by atoms with Crippen LogP contribution in [0.3, 0.4) is 0 Å². The number of nitrogens with one attached hydrogen (secondary N) is 1. The summed E-state index contributed by atoms with van der Waals surface area (Å²) in [5.41, 5.74) is 1.12. The van der Waals surface area contributed by atoms with Gasteiger partial charge in [-0.1, -0.05) is 24.3 Å². The van der Waals surface area contributed by atoms with Gasteiger partial charge >= 0.3 is 0 Å². The minimum Gasteiger partial charge on any atom is -0.312 e. The second kappa shape index (κ2) is 6.18. The standard InChI is InChI=1S/C16H18N2/c1-3-4-5-10-15(17-2)16-14-9-7-6-8-13(14)11-12-18-16/h1,6-9,11-12,15,17H,4-5,10H2,2H3. The average molecular weight is 238 g/mol. The molecule has 2 rings (SSSR count). The molecule has 0 aliphatic heterocycles. The Bertz CT molecular complexity index is 549. The van der Waals surface area contributed by atoms with Gasteiger partial charge in [-0.3, -0.25) is 4.98 Å². The number of nitrogens with zero attached hydrogens (tertiary/aromatic N) is 1. The molecule has 2 heteroatoms. The highest BCUT2D eigenvalue weighted by molar-refractivity contribution is 5.84. The van der Waals surface area contributed by atoms with Crippen molar-refractivity contribution in [2.75, 3.05) is 7.05 Å². The van der Waals surface area contributed by atoms with E-state index in [-0.39, 0.29) is 6.04 Å². The van der Waals surface area contributed by atoms with E-state index >= 15 is 0 Å². The van der Waals surface area contributed by atoms with Gasteiger partial charge in [-0.2, -0.15) is 0 Å². The van der Waals surface area contributed by atoms with E-state index in [9.17, 15) is 0 Å². The Labute approximate surface area is 108 Å². The molecule has 0 fully saturated rings. The smallest absolute Gasteiger partial charge is 0.0651 e. The lowest BCUT2D eigenvalue weighted by molar-refractivity contribution is 0.524. The molecular weight excluding hydrogens is 220 g/mol. The van der Waals surface area contributed by atoms with Crippen LogP contribution in [0.4, 0.5) is 0 Å². The molecule has 0 aliphatic carbocycles. The summed E-state index contributed by atoms with van der Waals surface area (Å²) in [6, 6.07) is 10.7. The van der Waals surface area contributed by atoms with Gasteiger partial charge in [-0.15, -0.1) is 12.3 Å². The summed E-state index contributed by atoms with van der Waals surface area (Å²) in [4.78, 5) is 4.54. The molecule has 18 heavy (non-hydrogen) atoms. The van der Waals surface area contributed by atoms with Crippen molar-refractivity contribution >= 4 is 10.8 Å². The van der Waals surface area contributed by atoms with Crippen LogP contribution in [-0.2, 0) is 0 Å². The van der Waals surface area contributed by atoms with E-state index in [2.05, 4.69) is 40.5 Å². The first kappa shape index (κ1) is 12.6. The Morgan fingerprint density at radius 1 is 1.33 bits per heavy atom. The predicted molar refractivity (Wildman–Crippen MR) is 76.2 cm³/mol. The van der Waals surface area contributed by atoms with Gasteiger partial charge in [0.25, 0.3) is 0 Å². The van der Waals surface area contributed by atoms with Crippen molar-refractivity contribution in [1.82, 2.24) is 10.3 Å². The SMILES string of the molecule is C#CCCCC(NC)c1nccc2ccccc12. The number of aromatic nitrogens is 1. The van der Waals surface area contributed by atoms with Crippen molar-refractivity contribution in [1.29, 1.82) is 0 Å². The minimum atomic E-state index is 0.268. The number of rotatable bonds is 5. The number of hydrogen-bond donors (Lipinski definition) is 1. The number of unbranched alkanes of at least 4 members (excludes halogenated alkanes) is 1.